The van der Waals surface area contributed by atoms with Crippen molar-refractivity contribution in [2.75, 3.05) is 19.6 Å². The minimum Gasteiger partial charge on any atom is -0.334 e. The van der Waals surface area contributed by atoms with Gasteiger partial charge in [0.05, 0.1) is 23.0 Å². The highest BCUT2D eigenvalue weighted by atomic mass is 35.5. The lowest BCUT2D eigenvalue weighted by Gasteiger charge is -2.52. The number of carbonyl (C=O) groups is 2. The number of nitrogens with zero attached hydrogens (tertiary/aromatic N) is 3. The second-order valence-corrected chi connectivity index (χ2v) is 8.29. The number of hydrogen-bond acceptors (Lipinski definition) is 3. The lowest BCUT2D eigenvalue weighted by molar-refractivity contribution is -0.141. The van der Waals surface area contributed by atoms with E-state index >= 15 is 0 Å². The Hall–Kier alpha value is -2.34. The predicted molar refractivity (Wildman–Crippen MR) is 108 cm³/mol. The van der Waals surface area contributed by atoms with Gasteiger partial charge in [0, 0.05) is 37.1 Å². The Morgan fingerprint density at radius 3 is 2.68 bits per heavy atom. The zero-order chi connectivity index (χ0) is 19.7. The number of carbonyl (C=O) groups excluding carboxylic acids is 2. The van der Waals surface area contributed by atoms with Crippen molar-refractivity contribution in [2.45, 2.75) is 44.6 Å². The van der Waals surface area contributed by atoms with Crippen LogP contribution in [-0.4, -0.2) is 57.0 Å². The van der Waals surface area contributed by atoms with Crippen molar-refractivity contribution in [1.82, 2.24) is 20.0 Å². The minimum absolute atomic E-state index is 0.0446. The molecule has 2 aliphatic rings. The van der Waals surface area contributed by atoms with E-state index in [0.717, 1.165) is 31.2 Å². The van der Waals surface area contributed by atoms with Gasteiger partial charge in [-0.05, 0) is 25.0 Å². The van der Waals surface area contributed by atoms with Crippen molar-refractivity contribution in [2.24, 2.45) is 0 Å². The summed E-state index contributed by atoms with van der Waals surface area (Å²) in [6, 6.07) is 7.39. The molecule has 28 heavy (non-hydrogen) atoms. The molecule has 2 aromatic rings. The number of hydrogen-bond donors (Lipinski definition) is 1. The summed E-state index contributed by atoms with van der Waals surface area (Å²) in [5.74, 6) is 0.0637. The lowest BCUT2D eigenvalue weighted by atomic mass is 9.78. The first-order chi connectivity index (χ1) is 13.5. The molecule has 1 aromatic carbocycles. The molecule has 0 radical (unpaired) electrons. The third kappa shape index (κ3) is 3.41. The van der Waals surface area contributed by atoms with Crippen LogP contribution in [0.5, 0.6) is 0 Å². The molecular weight excluding hydrogens is 376 g/mol. The van der Waals surface area contributed by atoms with E-state index in [-0.39, 0.29) is 17.4 Å². The largest absolute Gasteiger partial charge is 0.334 e. The van der Waals surface area contributed by atoms with Crippen LogP contribution < -0.4 is 0 Å². The molecule has 7 heteroatoms. The van der Waals surface area contributed by atoms with Crippen LogP contribution in [0.25, 0.3) is 11.3 Å². The summed E-state index contributed by atoms with van der Waals surface area (Å²) in [5, 5.41) is 7.67. The van der Waals surface area contributed by atoms with Crippen LogP contribution in [0.1, 0.15) is 49.4 Å². The number of aromatic nitrogens is 2. The molecule has 1 spiro atoms. The van der Waals surface area contributed by atoms with Gasteiger partial charge in [0.1, 0.15) is 0 Å². The van der Waals surface area contributed by atoms with Crippen molar-refractivity contribution in [3.05, 3.63) is 41.0 Å². The minimum atomic E-state index is -0.224. The Bertz CT molecular complexity index is 888. The molecule has 4 rings (SSSR count). The Morgan fingerprint density at radius 1 is 1.18 bits per heavy atom. The predicted octanol–water partition coefficient (Wildman–Crippen LogP) is 3.74. The van der Waals surface area contributed by atoms with Gasteiger partial charge in [-0.25, -0.2) is 0 Å². The zero-order valence-electron chi connectivity index (χ0n) is 16.1. The molecule has 2 fully saturated rings. The number of aromatic amines is 1. The second-order valence-electron chi connectivity index (χ2n) is 7.85. The summed E-state index contributed by atoms with van der Waals surface area (Å²) in [4.78, 5) is 29.5. The summed E-state index contributed by atoms with van der Waals surface area (Å²) in [7, 11) is 0. The molecule has 1 N–H and O–H groups in total. The Balaban J connectivity index is 1.61. The van der Waals surface area contributed by atoms with Crippen molar-refractivity contribution < 1.29 is 9.59 Å². The lowest BCUT2D eigenvalue weighted by Crippen LogP contribution is -2.65. The van der Waals surface area contributed by atoms with E-state index in [2.05, 4.69) is 10.2 Å². The second kappa shape index (κ2) is 7.59. The molecule has 1 aliphatic heterocycles. The van der Waals surface area contributed by atoms with Crippen LogP contribution >= 0.6 is 11.6 Å². The number of piperazine rings is 1. The van der Waals surface area contributed by atoms with Crippen molar-refractivity contribution in [3.8, 4) is 11.3 Å². The van der Waals surface area contributed by atoms with Gasteiger partial charge < -0.3 is 9.80 Å². The molecule has 2 amide bonds. The standard InChI is InChI=1S/C21H25ClN4O2/c1-15(27)26-11-10-25(14-21(26)8-3-2-4-9-21)20(28)18-13-23-24-19(18)16-6-5-7-17(22)12-16/h5-7,12-13H,2-4,8-11,14H2,1H3,(H,23,24). The van der Waals surface area contributed by atoms with E-state index in [4.69, 9.17) is 11.6 Å². The zero-order valence-corrected chi connectivity index (χ0v) is 16.8. The fourth-order valence-electron chi connectivity index (χ4n) is 4.76. The maximum absolute atomic E-state index is 13.4. The van der Waals surface area contributed by atoms with Crippen LogP contribution in [0.3, 0.4) is 0 Å². The molecule has 6 nitrogen and oxygen atoms in total. The highest BCUT2D eigenvalue weighted by Gasteiger charge is 2.45. The van der Waals surface area contributed by atoms with Gasteiger partial charge in [-0.1, -0.05) is 43.0 Å². The molecule has 148 valence electrons. The van der Waals surface area contributed by atoms with Crippen LogP contribution in [0.4, 0.5) is 0 Å². The summed E-state index contributed by atoms with van der Waals surface area (Å²) in [6.45, 7) is 3.36. The average Bonchev–Trinajstić information content (AvgIpc) is 3.17. The number of amides is 2. The molecule has 0 unspecified atom stereocenters. The fraction of sp³-hybridized carbons (Fsp3) is 0.476. The summed E-state index contributed by atoms with van der Waals surface area (Å²) in [5.41, 5.74) is 1.84. The van der Waals surface area contributed by atoms with Crippen LogP contribution in [0.2, 0.25) is 5.02 Å². The molecule has 1 saturated carbocycles. The SMILES string of the molecule is CC(=O)N1CCN(C(=O)c2cn[nH]c2-c2cccc(Cl)c2)CC12CCCCC2. The molecular formula is C21H25ClN4O2. The highest BCUT2D eigenvalue weighted by molar-refractivity contribution is 6.30. The van der Waals surface area contributed by atoms with Gasteiger partial charge in [-0.2, -0.15) is 5.10 Å². The Labute approximate surface area is 169 Å². The van der Waals surface area contributed by atoms with E-state index in [1.807, 2.05) is 28.0 Å². The van der Waals surface area contributed by atoms with E-state index in [1.165, 1.54) is 6.42 Å². The molecule has 2 heterocycles. The van der Waals surface area contributed by atoms with E-state index < -0.39 is 0 Å². The molecule has 0 bridgehead atoms. The summed E-state index contributed by atoms with van der Waals surface area (Å²) >= 11 is 6.12. The van der Waals surface area contributed by atoms with Crippen molar-refractivity contribution in [3.63, 3.8) is 0 Å². The number of H-pyrrole nitrogens is 1. The van der Waals surface area contributed by atoms with Gasteiger partial charge >= 0.3 is 0 Å². The van der Waals surface area contributed by atoms with E-state index in [9.17, 15) is 9.59 Å². The first-order valence-electron chi connectivity index (χ1n) is 9.87. The maximum Gasteiger partial charge on any atom is 0.257 e. The monoisotopic (exact) mass is 400 g/mol. The number of halogens is 1. The maximum atomic E-state index is 13.4. The van der Waals surface area contributed by atoms with Crippen molar-refractivity contribution >= 4 is 23.4 Å². The third-order valence-corrected chi connectivity index (χ3v) is 6.32. The Morgan fingerprint density at radius 2 is 1.96 bits per heavy atom. The topological polar surface area (TPSA) is 69.3 Å². The van der Waals surface area contributed by atoms with Gasteiger partial charge in [0.15, 0.2) is 0 Å². The van der Waals surface area contributed by atoms with Crippen molar-refractivity contribution in [1.29, 1.82) is 0 Å². The fourth-order valence-corrected chi connectivity index (χ4v) is 4.95. The molecule has 1 aliphatic carbocycles. The van der Waals surface area contributed by atoms with E-state index in [0.29, 0.717) is 35.9 Å². The van der Waals surface area contributed by atoms with Gasteiger partial charge in [0.2, 0.25) is 5.91 Å². The average molecular weight is 401 g/mol. The van der Waals surface area contributed by atoms with Gasteiger partial charge in [-0.15, -0.1) is 0 Å². The van der Waals surface area contributed by atoms with Gasteiger partial charge in [0.25, 0.3) is 5.91 Å². The first-order valence-corrected chi connectivity index (χ1v) is 10.2. The van der Waals surface area contributed by atoms with Gasteiger partial charge in [-0.3, -0.25) is 14.7 Å². The molecule has 1 saturated heterocycles. The van der Waals surface area contributed by atoms with Crippen LogP contribution in [-0.2, 0) is 4.79 Å². The number of benzene rings is 1. The smallest absolute Gasteiger partial charge is 0.257 e. The van der Waals surface area contributed by atoms with Crippen LogP contribution in [0.15, 0.2) is 30.5 Å². The summed E-state index contributed by atoms with van der Waals surface area (Å²) in [6.07, 6.45) is 6.91. The quantitative estimate of drug-likeness (QED) is 0.834. The number of nitrogens with one attached hydrogen (secondary N) is 1. The third-order valence-electron chi connectivity index (χ3n) is 6.09. The Kier molecular flexibility index (Phi) is 5.15. The first kappa shape index (κ1) is 19.0. The molecule has 1 aromatic heterocycles. The summed E-state index contributed by atoms with van der Waals surface area (Å²) < 4.78 is 0. The van der Waals surface area contributed by atoms with Crippen LogP contribution in [0, 0.1) is 0 Å². The number of rotatable bonds is 2. The van der Waals surface area contributed by atoms with E-state index in [1.54, 1.807) is 19.2 Å². The highest BCUT2D eigenvalue weighted by Crippen LogP contribution is 2.37. The molecule has 0 atom stereocenters. The normalized spacial score (nSPS) is 19.1.